The molecule has 0 saturated heterocycles. The average Bonchev–Trinajstić information content (AvgIpc) is 2.90. The van der Waals surface area contributed by atoms with Crippen LogP contribution in [0.15, 0.2) is 41.1 Å². The number of aromatic nitrogens is 1. The number of nitrogens with zero attached hydrogens (tertiary/aromatic N) is 1. The summed E-state index contributed by atoms with van der Waals surface area (Å²) >= 11 is 3.65. The van der Waals surface area contributed by atoms with E-state index in [2.05, 4.69) is 69.4 Å². The largest absolute Gasteiger partial charge is 0.349 e. The Bertz CT molecular complexity index is 603. The first-order valence-electron chi connectivity index (χ1n) is 7.93. The molecular weight excluding hydrogens is 324 g/mol. The van der Waals surface area contributed by atoms with E-state index in [1.165, 1.54) is 46.8 Å². The van der Waals surface area contributed by atoms with Crippen molar-refractivity contribution in [1.82, 2.24) is 9.88 Å². The van der Waals surface area contributed by atoms with E-state index < -0.39 is 0 Å². The molecule has 0 amide bonds. The van der Waals surface area contributed by atoms with Gasteiger partial charge in [0.1, 0.15) is 0 Å². The molecule has 1 heterocycles. The van der Waals surface area contributed by atoms with Gasteiger partial charge in [-0.3, -0.25) is 0 Å². The Labute approximate surface area is 135 Å². The van der Waals surface area contributed by atoms with Gasteiger partial charge in [-0.25, -0.2) is 0 Å². The summed E-state index contributed by atoms with van der Waals surface area (Å²) in [4.78, 5) is 0. The van der Waals surface area contributed by atoms with Crippen molar-refractivity contribution in [1.29, 1.82) is 0 Å². The van der Waals surface area contributed by atoms with Crippen LogP contribution in [0.2, 0.25) is 0 Å². The van der Waals surface area contributed by atoms with Crippen molar-refractivity contribution in [2.75, 3.05) is 6.54 Å². The standard InChI is InChI=1S/C18H23BrN2/c1-2-10-20-18-9-5-7-14-11-21(13-16(14)18)12-15-6-3-4-8-17(15)19/h3-4,6,8,11,13,18,20H,2,5,7,9-10,12H2,1H3. The summed E-state index contributed by atoms with van der Waals surface area (Å²) < 4.78 is 3.54. The van der Waals surface area contributed by atoms with E-state index in [1.807, 2.05) is 0 Å². The summed E-state index contributed by atoms with van der Waals surface area (Å²) in [5.41, 5.74) is 4.38. The van der Waals surface area contributed by atoms with E-state index in [-0.39, 0.29) is 0 Å². The molecule has 0 bridgehead atoms. The number of halogens is 1. The van der Waals surface area contributed by atoms with Crippen LogP contribution in [0.4, 0.5) is 0 Å². The maximum absolute atomic E-state index is 3.69. The minimum atomic E-state index is 0.550. The van der Waals surface area contributed by atoms with Gasteiger partial charge in [0.2, 0.25) is 0 Å². The lowest BCUT2D eigenvalue weighted by atomic mass is 9.91. The summed E-state index contributed by atoms with van der Waals surface area (Å²) in [6.45, 7) is 4.28. The van der Waals surface area contributed by atoms with Crippen LogP contribution in [0.5, 0.6) is 0 Å². The first-order chi connectivity index (χ1) is 10.3. The van der Waals surface area contributed by atoms with Crippen LogP contribution in [0, 0.1) is 0 Å². The summed E-state index contributed by atoms with van der Waals surface area (Å²) in [5, 5.41) is 3.69. The van der Waals surface area contributed by atoms with E-state index in [0.717, 1.165) is 13.1 Å². The molecule has 21 heavy (non-hydrogen) atoms. The van der Waals surface area contributed by atoms with Gasteiger partial charge in [-0.15, -0.1) is 0 Å². The lowest BCUT2D eigenvalue weighted by Crippen LogP contribution is -2.24. The highest BCUT2D eigenvalue weighted by atomic mass is 79.9. The molecule has 3 heteroatoms. The highest BCUT2D eigenvalue weighted by molar-refractivity contribution is 9.10. The summed E-state index contributed by atoms with van der Waals surface area (Å²) in [5.74, 6) is 0. The molecule has 3 rings (SSSR count). The molecule has 112 valence electrons. The molecule has 0 spiro atoms. The van der Waals surface area contributed by atoms with Crippen molar-refractivity contribution in [3.8, 4) is 0 Å². The third-order valence-electron chi connectivity index (χ3n) is 4.26. The number of hydrogen-bond acceptors (Lipinski definition) is 1. The number of hydrogen-bond donors (Lipinski definition) is 1. The Kier molecular flexibility index (Phi) is 4.81. The van der Waals surface area contributed by atoms with Gasteiger partial charge < -0.3 is 9.88 Å². The fourth-order valence-electron chi connectivity index (χ4n) is 3.19. The van der Waals surface area contributed by atoms with Gasteiger partial charge in [0.25, 0.3) is 0 Å². The predicted molar refractivity (Wildman–Crippen MR) is 91.6 cm³/mol. The molecule has 2 nitrogen and oxygen atoms in total. The van der Waals surface area contributed by atoms with Crippen molar-refractivity contribution in [2.45, 2.75) is 45.2 Å². The minimum Gasteiger partial charge on any atom is -0.349 e. The topological polar surface area (TPSA) is 17.0 Å². The predicted octanol–water partition coefficient (Wildman–Crippen LogP) is 4.68. The zero-order chi connectivity index (χ0) is 14.7. The second-order valence-electron chi connectivity index (χ2n) is 5.90. The van der Waals surface area contributed by atoms with Crippen LogP contribution in [-0.2, 0) is 13.0 Å². The minimum absolute atomic E-state index is 0.550. The Balaban J connectivity index is 1.80. The van der Waals surface area contributed by atoms with Crippen molar-refractivity contribution < 1.29 is 0 Å². The smallest absolute Gasteiger partial charge is 0.0481 e. The van der Waals surface area contributed by atoms with Crippen LogP contribution >= 0.6 is 15.9 Å². The van der Waals surface area contributed by atoms with Crippen LogP contribution in [0.25, 0.3) is 0 Å². The molecule has 1 aromatic heterocycles. The van der Waals surface area contributed by atoms with Gasteiger partial charge in [0, 0.05) is 29.5 Å². The van der Waals surface area contributed by atoms with Gasteiger partial charge in [0.15, 0.2) is 0 Å². The van der Waals surface area contributed by atoms with Gasteiger partial charge in [-0.05, 0) is 55.0 Å². The van der Waals surface area contributed by atoms with Gasteiger partial charge >= 0.3 is 0 Å². The molecular formula is C18H23BrN2. The number of benzene rings is 1. The first-order valence-corrected chi connectivity index (χ1v) is 8.72. The quantitative estimate of drug-likeness (QED) is 0.831. The zero-order valence-corrected chi connectivity index (χ0v) is 14.2. The van der Waals surface area contributed by atoms with E-state index in [4.69, 9.17) is 0 Å². The lowest BCUT2D eigenvalue weighted by molar-refractivity contribution is 0.462. The molecule has 1 unspecified atom stereocenters. The monoisotopic (exact) mass is 346 g/mol. The molecule has 1 atom stereocenters. The normalized spacial score (nSPS) is 17.7. The Morgan fingerprint density at radius 1 is 1.29 bits per heavy atom. The number of fused-ring (bicyclic) bond motifs is 1. The SMILES string of the molecule is CCCNC1CCCc2cn(Cc3ccccc3Br)cc21. The molecule has 1 aliphatic carbocycles. The van der Waals surface area contributed by atoms with Crippen LogP contribution in [0.1, 0.15) is 48.9 Å². The molecule has 2 aromatic rings. The molecule has 1 N–H and O–H groups in total. The van der Waals surface area contributed by atoms with Crippen LogP contribution < -0.4 is 5.32 Å². The second kappa shape index (κ2) is 6.80. The molecule has 0 fully saturated rings. The Morgan fingerprint density at radius 2 is 2.14 bits per heavy atom. The number of rotatable bonds is 5. The van der Waals surface area contributed by atoms with Crippen molar-refractivity contribution >= 4 is 15.9 Å². The van der Waals surface area contributed by atoms with E-state index in [0.29, 0.717) is 6.04 Å². The third kappa shape index (κ3) is 3.41. The molecule has 1 aliphatic rings. The average molecular weight is 347 g/mol. The summed E-state index contributed by atoms with van der Waals surface area (Å²) in [6.07, 6.45) is 9.68. The van der Waals surface area contributed by atoms with Crippen LogP contribution in [0.3, 0.4) is 0 Å². The fourth-order valence-corrected chi connectivity index (χ4v) is 3.60. The highest BCUT2D eigenvalue weighted by Gasteiger charge is 2.21. The molecule has 0 saturated carbocycles. The maximum Gasteiger partial charge on any atom is 0.0481 e. The molecule has 1 aromatic carbocycles. The van der Waals surface area contributed by atoms with Crippen molar-refractivity contribution in [2.24, 2.45) is 0 Å². The van der Waals surface area contributed by atoms with Crippen molar-refractivity contribution in [3.05, 3.63) is 57.8 Å². The van der Waals surface area contributed by atoms with E-state index in [1.54, 1.807) is 0 Å². The lowest BCUT2D eigenvalue weighted by Gasteiger charge is -2.23. The van der Waals surface area contributed by atoms with Gasteiger partial charge in [-0.1, -0.05) is 41.1 Å². The fraction of sp³-hybridized carbons (Fsp3) is 0.444. The molecule has 0 aliphatic heterocycles. The summed E-state index contributed by atoms with van der Waals surface area (Å²) in [7, 11) is 0. The maximum atomic E-state index is 3.69. The second-order valence-corrected chi connectivity index (χ2v) is 6.76. The highest BCUT2D eigenvalue weighted by Crippen LogP contribution is 2.31. The van der Waals surface area contributed by atoms with E-state index >= 15 is 0 Å². The summed E-state index contributed by atoms with van der Waals surface area (Å²) in [6, 6.07) is 9.03. The van der Waals surface area contributed by atoms with Gasteiger partial charge in [-0.2, -0.15) is 0 Å². The zero-order valence-electron chi connectivity index (χ0n) is 12.6. The number of aryl methyl sites for hydroxylation is 1. The molecule has 0 radical (unpaired) electrons. The number of nitrogens with one attached hydrogen (secondary N) is 1. The van der Waals surface area contributed by atoms with Crippen molar-refractivity contribution in [3.63, 3.8) is 0 Å². The van der Waals surface area contributed by atoms with Crippen LogP contribution in [-0.4, -0.2) is 11.1 Å². The Hall–Kier alpha value is -1.06. The Morgan fingerprint density at radius 3 is 2.95 bits per heavy atom. The van der Waals surface area contributed by atoms with E-state index in [9.17, 15) is 0 Å². The first kappa shape index (κ1) is 14.9. The van der Waals surface area contributed by atoms with Gasteiger partial charge in [0.05, 0.1) is 0 Å². The third-order valence-corrected chi connectivity index (χ3v) is 5.04.